The van der Waals surface area contributed by atoms with Crippen LogP contribution in [0.5, 0.6) is 0 Å². The maximum atomic E-state index is 7.65. The van der Waals surface area contributed by atoms with E-state index in [2.05, 4.69) is 0 Å². The van der Waals surface area contributed by atoms with Crippen LogP contribution < -0.4 is 29.6 Å². The van der Waals surface area contributed by atoms with Crippen molar-refractivity contribution in [3.05, 3.63) is 0 Å². The van der Waals surface area contributed by atoms with Crippen LogP contribution in [0.15, 0.2) is 0 Å². The Kier molecular flexibility index (Phi) is 14.0. The van der Waals surface area contributed by atoms with Gasteiger partial charge in [-0.15, -0.1) is 11.9 Å². The standard InChI is InChI=1S/C2H2BN2.Na/c4-1-3-2-5;/h3H2;/q-1;+1. The fourth-order valence-electron chi connectivity index (χ4n) is 0.0500. The second-order valence-electron chi connectivity index (χ2n) is 0.697. The van der Waals surface area contributed by atoms with E-state index in [4.69, 9.17) is 10.5 Å². The van der Waals surface area contributed by atoms with Crippen molar-refractivity contribution in [2.45, 2.75) is 0 Å². The third-order valence-electron chi connectivity index (χ3n) is 0.224. The minimum Gasteiger partial charge on any atom is -0.249 e. The fraction of sp³-hybridized carbons (Fsp3) is 0. The molecule has 0 aliphatic heterocycles. The van der Waals surface area contributed by atoms with Crippen LogP contribution in [0.1, 0.15) is 0 Å². The maximum Gasteiger partial charge on any atom is 1.00 e. The van der Waals surface area contributed by atoms with Crippen LogP contribution in [0.4, 0.5) is 0 Å². The Morgan fingerprint density at radius 2 is 1.50 bits per heavy atom. The monoisotopic (exact) mass is 88.0 g/mol. The first kappa shape index (κ1) is 9.40. The first-order chi connectivity index (χ1) is 2.41. The summed E-state index contributed by atoms with van der Waals surface area (Å²) >= 11 is 0. The van der Waals surface area contributed by atoms with Crippen LogP contribution in [0, 0.1) is 22.5 Å². The summed E-state index contributed by atoms with van der Waals surface area (Å²) in [6, 6.07) is 0. The molecule has 0 aromatic heterocycles. The molecule has 0 heterocycles. The van der Waals surface area contributed by atoms with E-state index in [-0.39, 0.29) is 29.6 Å². The Hall–Kier alpha value is 0.0449. The molecular formula is C2H2BN2Na. The van der Waals surface area contributed by atoms with E-state index in [1.165, 1.54) is 0 Å². The first-order valence-corrected chi connectivity index (χ1v) is 1.45. The van der Waals surface area contributed by atoms with E-state index < -0.39 is 7.28 Å². The Bertz CT molecular complexity index is 76.7. The summed E-state index contributed by atoms with van der Waals surface area (Å²) in [5, 5.41) is 15.3. The van der Waals surface area contributed by atoms with E-state index in [0.29, 0.717) is 0 Å². The van der Waals surface area contributed by atoms with Gasteiger partial charge in [0.05, 0.1) is 0 Å². The van der Waals surface area contributed by atoms with Crippen molar-refractivity contribution >= 4 is 7.28 Å². The summed E-state index contributed by atoms with van der Waals surface area (Å²) in [7, 11) is -0.861. The molecule has 0 unspecified atom stereocenters. The van der Waals surface area contributed by atoms with Crippen molar-refractivity contribution in [1.82, 2.24) is 0 Å². The van der Waals surface area contributed by atoms with E-state index in [0.717, 1.165) is 0 Å². The molecule has 6 heavy (non-hydrogen) atoms. The van der Waals surface area contributed by atoms with Crippen LogP contribution in [-0.4, -0.2) is 7.28 Å². The quantitative estimate of drug-likeness (QED) is 0.284. The largest absolute Gasteiger partial charge is 1.00 e. The molecule has 0 amide bonds. The second-order valence-corrected chi connectivity index (χ2v) is 0.697. The van der Waals surface area contributed by atoms with Gasteiger partial charge in [-0.3, -0.25) is 0 Å². The van der Waals surface area contributed by atoms with Crippen LogP contribution in [-0.2, 0) is 0 Å². The summed E-state index contributed by atoms with van der Waals surface area (Å²) in [4.78, 5) is 0. The van der Waals surface area contributed by atoms with Crippen LogP contribution in [0.25, 0.3) is 0 Å². The SMILES string of the molecule is N#C[BH2-]C#N.[Na+]. The molecule has 0 spiro atoms. The van der Waals surface area contributed by atoms with Crippen molar-refractivity contribution in [2.75, 3.05) is 0 Å². The summed E-state index contributed by atoms with van der Waals surface area (Å²) < 4.78 is 0. The van der Waals surface area contributed by atoms with Gasteiger partial charge >= 0.3 is 29.6 Å². The van der Waals surface area contributed by atoms with Crippen molar-refractivity contribution in [1.29, 1.82) is 10.5 Å². The Morgan fingerprint density at radius 3 is 1.50 bits per heavy atom. The van der Waals surface area contributed by atoms with Crippen LogP contribution in [0.3, 0.4) is 0 Å². The Balaban J connectivity index is 0. The number of rotatable bonds is 0. The molecule has 0 saturated carbocycles. The third-order valence-corrected chi connectivity index (χ3v) is 0.224. The van der Waals surface area contributed by atoms with Gasteiger partial charge in [-0.1, -0.05) is 0 Å². The van der Waals surface area contributed by atoms with Crippen molar-refractivity contribution in [3.8, 4) is 11.9 Å². The molecule has 0 N–H and O–H groups in total. The van der Waals surface area contributed by atoms with Crippen molar-refractivity contribution in [2.24, 2.45) is 0 Å². The molecule has 0 fully saturated rings. The zero-order valence-corrected chi connectivity index (χ0v) is 5.89. The molecule has 0 aliphatic carbocycles. The van der Waals surface area contributed by atoms with Crippen LogP contribution in [0.2, 0.25) is 0 Å². The molecule has 0 aromatic carbocycles. The molecule has 0 bridgehead atoms. The van der Waals surface area contributed by atoms with Gasteiger partial charge in [-0.2, -0.15) is 0 Å². The molecule has 0 radical (unpaired) electrons. The number of nitrogens with zero attached hydrogens (tertiary/aromatic N) is 2. The molecule has 0 aliphatic rings. The molecule has 0 saturated heterocycles. The Morgan fingerprint density at radius 1 is 1.17 bits per heavy atom. The van der Waals surface area contributed by atoms with Gasteiger partial charge in [0, 0.05) is 0 Å². The second kappa shape index (κ2) is 8.90. The minimum absolute atomic E-state index is 0. The summed E-state index contributed by atoms with van der Waals surface area (Å²) in [6.07, 6.45) is 0. The predicted octanol–water partition coefficient (Wildman–Crippen LogP) is -3.88. The van der Waals surface area contributed by atoms with Gasteiger partial charge in [-0.05, 0) is 0 Å². The minimum atomic E-state index is -0.861. The smallest absolute Gasteiger partial charge is 0.249 e. The van der Waals surface area contributed by atoms with Gasteiger partial charge in [0.15, 0.2) is 7.28 Å². The molecule has 2 nitrogen and oxygen atoms in total. The van der Waals surface area contributed by atoms with Crippen LogP contribution >= 0.6 is 0 Å². The van der Waals surface area contributed by atoms with E-state index >= 15 is 0 Å². The molecule has 0 atom stereocenters. The first-order valence-electron chi connectivity index (χ1n) is 1.45. The van der Waals surface area contributed by atoms with Gasteiger partial charge in [0.25, 0.3) is 0 Å². The third kappa shape index (κ3) is 8.97. The van der Waals surface area contributed by atoms with E-state index in [1.807, 2.05) is 0 Å². The summed E-state index contributed by atoms with van der Waals surface area (Å²) in [5.41, 5.74) is 0. The van der Waals surface area contributed by atoms with Gasteiger partial charge in [0.2, 0.25) is 0 Å². The molecule has 0 rings (SSSR count). The zero-order valence-electron chi connectivity index (χ0n) is 3.89. The summed E-state index contributed by atoms with van der Waals surface area (Å²) in [6.45, 7) is 0. The van der Waals surface area contributed by atoms with E-state index in [9.17, 15) is 0 Å². The number of hydrogen-bond acceptors (Lipinski definition) is 2. The fourth-order valence-corrected chi connectivity index (χ4v) is 0.0500. The topological polar surface area (TPSA) is 47.6 Å². The molecule has 4 heteroatoms. The molecular weight excluding hydrogens is 85.8 g/mol. The number of nitriles is 2. The molecule has 0 aromatic rings. The van der Waals surface area contributed by atoms with Crippen molar-refractivity contribution in [3.63, 3.8) is 0 Å². The van der Waals surface area contributed by atoms with E-state index in [1.54, 1.807) is 11.9 Å². The predicted molar refractivity (Wildman–Crippen MR) is 19.8 cm³/mol. The van der Waals surface area contributed by atoms with Gasteiger partial charge in [0.1, 0.15) is 0 Å². The van der Waals surface area contributed by atoms with Gasteiger partial charge in [-0.25, -0.2) is 10.5 Å². The number of hydrogen-bond donors (Lipinski definition) is 0. The zero-order chi connectivity index (χ0) is 4.12. The normalized spacial score (nSPS) is 3.67. The average Bonchev–Trinajstić information content (AvgIpc) is 1.41. The molecule has 24 valence electrons. The average molecular weight is 87.9 g/mol. The summed E-state index contributed by atoms with van der Waals surface area (Å²) in [5.74, 6) is 3.56. The van der Waals surface area contributed by atoms with Gasteiger partial charge < -0.3 is 0 Å². The Labute approximate surface area is 59.3 Å². The van der Waals surface area contributed by atoms with Crippen molar-refractivity contribution < 1.29 is 29.6 Å². The maximum absolute atomic E-state index is 7.65.